The summed E-state index contributed by atoms with van der Waals surface area (Å²) in [6, 6.07) is 10.5. The van der Waals surface area contributed by atoms with Gasteiger partial charge in [-0.1, -0.05) is 49.0 Å². The van der Waals surface area contributed by atoms with Crippen molar-refractivity contribution in [3.8, 4) is 17.1 Å². The first-order chi connectivity index (χ1) is 14.6. The molecular weight excluding hydrogens is 394 g/mol. The molecule has 0 bridgehead atoms. The minimum Gasteiger partial charge on any atom is -0.361 e. The minimum absolute atomic E-state index is 0.724. The first kappa shape index (κ1) is 20.3. The van der Waals surface area contributed by atoms with E-state index < -0.39 is 0 Å². The van der Waals surface area contributed by atoms with Crippen molar-refractivity contribution >= 4 is 11.8 Å². The van der Waals surface area contributed by atoms with Gasteiger partial charge < -0.3 is 4.52 Å². The number of para-hydroxylation sites is 1. The van der Waals surface area contributed by atoms with Crippen LogP contribution in [0.15, 0.2) is 52.4 Å². The lowest BCUT2D eigenvalue weighted by molar-refractivity contribution is 0.392. The quantitative estimate of drug-likeness (QED) is 0.376. The molecular formula is C23H25N5OS. The van der Waals surface area contributed by atoms with Gasteiger partial charge in [0.25, 0.3) is 0 Å². The second-order valence-electron chi connectivity index (χ2n) is 7.11. The van der Waals surface area contributed by atoms with Crippen molar-refractivity contribution in [2.24, 2.45) is 0 Å². The molecule has 7 heteroatoms. The van der Waals surface area contributed by atoms with Crippen molar-refractivity contribution in [3.05, 3.63) is 70.9 Å². The Morgan fingerprint density at radius 1 is 1.00 bits per heavy atom. The minimum atomic E-state index is 0.724. The molecule has 1 aromatic carbocycles. The predicted molar refractivity (Wildman–Crippen MR) is 119 cm³/mol. The van der Waals surface area contributed by atoms with Gasteiger partial charge in [0.1, 0.15) is 5.76 Å². The van der Waals surface area contributed by atoms with Gasteiger partial charge in [0, 0.05) is 29.3 Å². The Morgan fingerprint density at radius 3 is 2.37 bits per heavy atom. The van der Waals surface area contributed by atoms with E-state index in [1.165, 1.54) is 16.8 Å². The molecule has 0 atom stereocenters. The predicted octanol–water partition coefficient (Wildman–Crippen LogP) is 5.35. The molecule has 0 aliphatic carbocycles. The standard InChI is InChI=1S/C23H25N5OS/c1-5-17-9-7-10-18(6-2)21(17)28-22(19-11-8-12-24-13-19)25-26-23(28)30-14-20-15(3)27-29-16(20)4/h7-13H,5-6,14H2,1-4H3. The Hall–Kier alpha value is -2.93. The van der Waals surface area contributed by atoms with Crippen LogP contribution < -0.4 is 0 Å². The highest BCUT2D eigenvalue weighted by Crippen LogP contribution is 2.34. The van der Waals surface area contributed by atoms with E-state index in [2.05, 4.69) is 57.0 Å². The number of aromatic nitrogens is 5. The maximum Gasteiger partial charge on any atom is 0.196 e. The third-order valence-electron chi connectivity index (χ3n) is 5.27. The van der Waals surface area contributed by atoms with Gasteiger partial charge in [0.15, 0.2) is 11.0 Å². The van der Waals surface area contributed by atoms with Gasteiger partial charge >= 0.3 is 0 Å². The molecule has 4 rings (SSSR count). The highest BCUT2D eigenvalue weighted by atomic mass is 32.2. The van der Waals surface area contributed by atoms with E-state index in [0.717, 1.165) is 52.2 Å². The van der Waals surface area contributed by atoms with E-state index in [9.17, 15) is 0 Å². The summed E-state index contributed by atoms with van der Waals surface area (Å²) in [5.41, 5.74) is 6.70. The summed E-state index contributed by atoms with van der Waals surface area (Å²) in [4.78, 5) is 4.29. The summed E-state index contributed by atoms with van der Waals surface area (Å²) in [6.45, 7) is 8.29. The van der Waals surface area contributed by atoms with Crippen LogP contribution in [-0.4, -0.2) is 24.9 Å². The molecule has 3 heterocycles. The van der Waals surface area contributed by atoms with Crippen molar-refractivity contribution < 1.29 is 4.52 Å². The number of hydrogen-bond acceptors (Lipinski definition) is 6. The lowest BCUT2D eigenvalue weighted by Gasteiger charge is -2.18. The van der Waals surface area contributed by atoms with Crippen LogP contribution in [0.1, 0.15) is 42.0 Å². The Bertz CT molecular complexity index is 1110. The Labute approximate surface area is 180 Å². The van der Waals surface area contributed by atoms with E-state index in [1.807, 2.05) is 32.2 Å². The summed E-state index contributed by atoms with van der Waals surface area (Å²) < 4.78 is 7.52. The summed E-state index contributed by atoms with van der Waals surface area (Å²) in [5.74, 6) is 2.38. The molecule has 0 aliphatic heterocycles. The molecule has 6 nitrogen and oxygen atoms in total. The van der Waals surface area contributed by atoms with Crippen LogP contribution in [0.25, 0.3) is 17.1 Å². The van der Waals surface area contributed by atoms with Crippen LogP contribution in [0, 0.1) is 13.8 Å². The third-order valence-corrected chi connectivity index (χ3v) is 6.22. The van der Waals surface area contributed by atoms with Gasteiger partial charge in [-0.15, -0.1) is 10.2 Å². The van der Waals surface area contributed by atoms with E-state index >= 15 is 0 Å². The summed E-state index contributed by atoms with van der Waals surface area (Å²) >= 11 is 1.65. The molecule has 0 radical (unpaired) electrons. The average Bonchev–Trinajstić information content (AvgIpc) is 3.34. The maximum atomic E-state index is 5.33. The van der Waals surface area contributed by atoms with Crippen LogP contribution in [-0.2, 0) is 18.6 Å². The normalized spacial score (nSPS) is 11.2. The Kier molecular flexibility index (Phi) is 5.99. The lowest BCUT2D eigenvalue weighted by atomic mass is 10.0. The highest BCUT2D eigenvalue weighted by molar-refractivity contribution is 7.98. The number of hydrogen-bond donors (Lipinski definition) is 0. The molecule has 0 aliphatic rings. The number of aryl methyl sites for hydroxylation is 4. The number of thioether (sulfide) groups is 1. The third kappa shape index (κ3) is 3.77. The van der Waals surface area contributed by atoms with Crippen molar-refractivity contribution in [1.29, 1.82) is 0 Å². The largest absolute Gasteiger partial charge is 0.361 e. The van der Waals surface area contributed by atoms with Crippen molar-refractivity contribution in [2.45, 2.75) is 51.4 Å². The fourth-order valence-electron chi connectivity index (χ4n) is 3.59. The van der Waals surface area contributed by atoms with E-state index in [-0.39, 0.29) is 0 Å². The summed E-state index contributed by atoms with van der Waals surface area (Å²) in [6.07, 6.45) is 5.47. The Balaban J connectivity index is 1.86. The van der Waals surface area contributed by atoms with E-state index in [4.69, 9.17) is 4.52 Å². The summed E-state index contributed by atoms with van der Waals surface area (Å²) in [7, 11) is 0. The molecule has 0 unspecified atom stereocenters. The van der Waals surface area contributed by atoms with Gasteiger partial charge in [0.05, 0.1) is 11.4 Å². The van der Waals surface area contributed by atoms with Crippen LogP contribution in [0.4, 0.5) is 0 Å². The topological polar surface area (TPSA) is 69.6 Å². The zero-order valence-corrected chi connectivity index (χ0v) is 18.5. The number of pyridine rings is 1. The zero-order chi connectivity index (χ0) is 21.1. The van der Waals surface area contributed by atoms with Gasteiger partial charge in [-0.3, -0.25) is 9.55 Å². The van der Waals surface area contributed by atoms with Crippen molar-refractivity contribution in [2.75, 3.05) is 0 Å². The molecule has 154 valence electrons. The maximum absolute atomic E-state index is 5.33. The molecule has 3 aromatic heterocycles. The zero-order valence-electron chi connectivity index (χ0n) is 17.7. The molecule has 4 aromatic rings. The first-order valence-corrected chi connectivity index (χ1v) is 11.1. The lowest BCUT2D eigenvalue weighted by Crippen LogP contribution is -2.07. The van der Waals surface area contributed by atoms with Gasteiger partial charge in [0.2, 0.25) is 0 Å². The molecule has 0 spiro atoms. The fraction of sp³-hybridized carbons (Fsp3) is 0.304. The second-order valence-corrected chi connectivity index (χ2v) is 8.05. The van der Waals surface area contributed by atoms with Crippen LogP contribution >= 0.6 is 11.8 Å². The molecule has 0 saturated carbocycles. The molecule has 0 amide bonds. The van der Waals surface area contributed by atoms with Crippen LogP contribution in [0.3, 0.4) is 0 Å². The molecule has 0 fully saturated rings. The van der Waals surface area contributed by atoms with Crippen molar-refractivity contribution in [3.63, 3.8) is 0 Å². The average molecular weight is 420 g/mol. The fourth-order valence-corrected chi connectivity index (χ4v) is 4.68. The van der Waals surface area contributed by atoms with Gasteiger partial charge in [-0.25, -0.2) is 0 Å². The van der Waals surface area contributed by atoms with Crippen molar-refractivity contribution in [1.82, 2.24) is 24.9 Å². The first-order valence-electron chi connectivity index (χ1n) is 10.2. The van der Waals surface area contributed by atoms with Crippen LogP contribution in [0.2, 0.25) is 0 Å². The molecule has 0 saturated heterocycles. The SMILES string of the molecule is CCc1cccc(CC)c1-n1c(SCc2c(C)noc2C)nnc1-c1cccnc1. The van der Waals surface area contributed by atoms with E-state index in [1.54, 1.807) is 18.0 Å². The number of nitrogens with zero attached hydrogens (tertiary/aromatic N) is 5. The van der Waals surface area contributed by atoms with E-state index in [0.29, 0.717) is 0 Å². The smallest absolute Gasteiger partial charge is 0.196 e. The van der Waals surface area contributed by atoms with Crippen LogP contribution in [0.5, 0.6) is 0 Å². The number of benzene rings is 1. The van der Waals surface area contributed by atoms with Gasteiger partial charge in [-0.05, 0) is 49.9 Å². The number of rotatable bonds is 7. The Morgan fingerprint density at radius 2 is 1.77 bits per heavy atom. The molecule has 0 N–H and O–H groups in total. The second kappa shape index (κ2) is 8.83. The monoisotopic (exact) mass is 419 g/mol. The molecule has 30 heavy (non-hydrogen) atoms. The highest BCUT2D eigenvalue weighted by Gasteiger charge is 2.21. The van der Waals surface area contributed by atoms with Gasteiger partial charge in [-0.2, -0.15) is 0 Å². The summed E-state index contributed by atoms with van der Waals surface area (Å²) in [5, 5.41) is 14.1.